The highest BCUT2D eigenvalue weighted by atomic mass is 16.5. The van der Waals surface area contributed by atoms with Crippen molar-refractivity contribution in [1.29, 1.82) is 0 Å². The van der Waals surface area contributed by atoms with Crippen LogP contribution < -0.4 is 14.8 Å². The molecule has 10 nitrogen and oxygen atoms in total. The van der Waals surface area contributed by atoms with E-state index in [4.69, 9.17) is 18.9 Å². The summed E-state index contributed by atoms with van der Waals surface area (Å²) < 4.78 is 22.7. The minimum Gasteiger partial charge on any atom is -0.496 e. The third-order valence-electron chi connectivity index (χ3n) is 7.53. The summed E-state index contributed by atoms with van der Waals surface area (Å²) in [6.45, 7) is 8.16. The lowest BCUT2D eigenvalue weighted by Gasteiger charge is -2.47. The second-order valence-corrected chi connectivity index (χ2v) is 10.1. The van der Waals surface area contributed by atoms with Gasteiger partial charge < -0.3 is 29.2 Å². The Kier molecular flexibility index (Phi) is 11.1. The number of hydrogen-bond donors (Lipinski definition) is 3. The van der Waals surface area contributed by atoms with E-state index < -0.39 is 23.9 Å². The standard InChI is InChI=1S/C30H42N2O8/c1-7-39-24-17-30(18-24,28(34)35)31-29(36)32(13-14-40-21(4)22-11-9-8-10-12-22)19(2)23-15-25(37-5)27(20(3)33)26(16-23)38-6/h8-12,15-16,19,21,24,29,31,36H,7,13-14,17-18H2,1-6H3,(H,34,35)/t19-,21+,24?,29?,30?/m1/s1. The molecule has 0 radical (unpaired) electrons. The first-order valence-electron chi connectivity index (χ1n) is 13.6. The summed E-state index contributed by atoms with van der Waals surface area (Å²) in [5.41, 5.74) is 0.744. The molecule has 0 aliphatic heterocycles. The van der Waals surface area contributed by atoms with Gasteiger partial charge in [-0.25, -0.2) is 0 Å². The molecule has 2 aromatic rings. The number of benzene rings is 2. The van der Waals surface area contributed by atoms with Gasteiger partial charge in [0.05, 0.1) is 33.0 Å². The number of carboxylic acids is 1. The Labute approximate surface area is 236 Å². The molecule has 3 rings (SSSR count). The van der Waals surface area contributed by atoms with Crippen molar-refractivity contribution < 1.29 is 38.7 Å². The van der Waals surface area contributed by atoms with E-state index in [-0.39, 0.29) is 44.0 Å². The van der Waals surface area contributed by atoms with Gasteiger partial charge in [0.1, 0.15) is 22.6 Å². The number of carboxylic acid groups (broad SMARTS) is 1. The summed E-state index contributed by atoms with van der Waals surface area (Å²) in [6.07, 6.45) is -1.21. The van der Waals surface area contributed by atoms with E-state index in [0.717, 1.165) is 5.56 Å². The van der Waals surface area contributed by atoms with Crippen molar-refractivity contribution in [2.45, 2.75) is 70.7 Å². The predicted octanol–water partition coefficient (Wildman–Crippen LogP) is 3.94. The van der Waals surface area contributed by atoms with Crippen molar-refractivity contribution in [2.24, 2.45) is 0 Å². The molecule has 0 saturated heterocycles. The van der Waals surface area contributed by atoms with Gasteiger partial charge in [-0.2, -0.15) is 0 Å². The van der Waals surface area contributed by atoms with E-state index in [2.05, 4.69) is 5.32 Å². The van der Waals surface area contributed by atoms with Crippen molar-refractivity contribution in [3.63, 3.8) is 0 Å². The molecule has 220 valence electrons. The largest absolute Gasteiger partial charge is 0.496 e. The molecule has 10 heteroatoms. The molecule has 3 atom stereocenters. The number of methoxy groups -OCH3 is 2. The van der Waals surface area contributed by atoms with Gasteiger partial charge >= 0.3 is 5.97 Å². The maximum absolute atomic E-state index is 12.3. The van der Waals surface area contributed by atoms with E-state index in [1.807, 2.05) is 51.1 Å². The molecule has 1 fully saturated rings. The summed E-state index contributed by atoms with van der Waals surface area (Å²) in [6, 6.07) is 12.8. The fraction of sp³-hybridized carbons (Fsp3) is 0.533. The van der Waals surface area contributed by atoms with Crippen molar-refractivity contribution in [1.82, 2.24) is 10.2 Å². The number of hydrogen-bond acceptors (Lipinski definition) is 9. The first kappa shape index (κ1) is 31.5. The van der Waals surface area contributed by atoms with Crippen LogP contribution in [0.2, 0.25) is 0 Å². The summed E-state index contributed by atoms with van der Waals surface area (Å²) >= 11 is 0. The third-order valence-corrected chi connectivity index (χ3v) is 7.53. The first-order chi connectivity index (χ1) is 19.1. The molecule has 2 aromatic carbocycles. The van der Waals surface area contributed by atoms with Crippen molar-refractivity contribution in [2.75, 3.05) is 34.0 Å². The summed E-state index contributed by atoms with van der Waals surface area (Å²) in [7, 11) is 2.95. The van der Waals surface area contributed by atoms with Gasteiger partial charge in [-0.1, -0.05) is 30.3 Å². The van der Waals surface area contributed by atoms with Gasteiger partial charge in [-0.15, -0.1) is 0 Å². The molecule has 0 amide bonds. The van der Waals surface area contributed by atoms with Crippen molar-refractivity contribution in [3.05, 3.63) is 59.2 Å². The topological polar surface area (TPSA) is 127 Å². The van der Waals surface area contributed by atoms with Gasteiger partial charge in [0.15, 0.2) is 12.1 Å². The minimum atomic E-state index is -1.33. The van der Waals surface area contributed by atoms with E-state index in [1.54, 1.807) is 17.0 Å². The van der Waals surface area contributed by atoms with Crippen LogP contribution >= 0.6 is 0 Å². The van der Waals surface area contributed by atoms with Gasteiger partial charge in [0, 0.05) is 32.0 Å². The quantitative estimate of drug-likeness (QED) is 0.206. The predicted molar refractivity (Wildman–Crippen MR) is 150 cm³/mol. The molecular weight excluding hydrogens is 516 g/mol. The zero-order valence-corrected chi connectivity index (χ0v) is 24.2. The zero-order chi connectivity index (χ0) is 29.4. The Hall–Kier alpha value is -3.02. The number of aliphatic hydroxyl groups is 1. The molecule has 0 bridgehead atoms. The molecule has 0 spiro atoms. The van der Waals surface area contributed by atoms with E-state index in [9.17, 15) is 19.8 Å². The minimum absolute atomic E-state index is 0.178. The van der Waals surface area contributed by atoms with Gasteiger partial charge in [0.25, 0.3) is 0 Å². The van der Waals surface area contributed by atoms with E-state index in [0.29, 0.717) is 29.2 Å². The second-order valence-electron chi connectivity index (χ2n) is 10.1. The smallest absolute Gasteiger partial charge is 0.324 e. The maximum atomic E-state index is 12.3. The SMILES string of the molecule is CCOC1CC(NC(O)N(CCO[C@@H](C)c2ccccc2)[C@H](C)c2cc(OC)c(C(C)=O)c(OC)c2)(C(=O)O)C1. The highest BCUT2D eigenvalue weighted by Crippen LogP contribution is 2.38. The summed E-state index contributed by atoms with van der Waals surface area (Å²) in [4.78, 5) is 26.2. The number of Topliss-reactive ketones (excluding diaryl/α,β-unsaturated/α-hetero) is 1. The van der Waals surface area contributed by atoms with Crippen LogP contribution in [0.3, 0.4) is 0 Å². The van der Waals surface area contributed by atoms with E-state index in [1.165, 1.54) is 21.1 Å². The molecule has 0 aromatic heterocycles. The zero-order valence-electron chi connectivity index (χ0n) is 24.2. The average Bonchev–Trinajstić information content (AvgIpc) is 2.92. The monoisotopic (exact) mass is 558 g/mol. The molecule has 0 heterocycles. The number of aliphatic carboxylic acids is 1. The number of rotatable bonds is 16. The number of ketones is 1. The van der Waals surface area contributed by atoms with Gasteiger partial charge in [-0.05, 0) is 51.0 Å². The Balaban J connectivity index is 1.87. The lowest BCUT2D eigenvalue weighted by atomic mass is 9.74. The Morgan fingerprint density at radius 1 is 1.07 bits per heavy atom. The maximum Gasteiger partial charge on any atom is 0.324 e. The van der Waals surface area contributed by atoms with Crippen molar-refractivity contribution in [3.8, 4) is 11.5 Å². The van der Waals surface area contributed by atoms with Crippen LogP contribution in [-0.4, -0.2) is 78.8 Å². The molecule has 1 saturated carbocycles. The Morgan fingerprint density at radius 2 is 1.68 bits per heavy atom. The van der Waals surface area contributed by atoms with Gasteiger partial charge in [0.2, 0.25) is 0 Å². The highest BCUT2D eigenvalue weighted by molar-refractivity contribution is 5.99. The molecular formula is C30H42N2O8. The normalized spacial score (nSPS) is 20.9. The molecule has 1 aliphatic rings. The van der Waals surface area contributed by atoms with Crippen LogP contribution in [0, 0.1) is 0 Å². The van der Waals surface area contributed by atoms with Crippen molar-refractivity contribution >= 4 is 11.8 Å². The van der Waals surface area contributed by atoms with Crippen LogP contribution in [0.5, 0.6) is 11.5 Å². The van der Waals surface area contributed by atoms with E-state index >= 15 is 0 Å². The van der Waals surface area contributed by atoms with Crippen LogP contribution in [0.1, 0.15) is 74.2 Å². The highest BCUT2D eigenvalue weighted by Gasteiger charge is 2.52. The average molecular weight is 559 g/mol. The molecule has 3 N–H and O–H groups in total. The van der Waals surface area contributed by atoms with Gasteiger partial charge in [-0.3, -0.25) is 19.8 Å². The summed E-state index contributed by atoms with van der Waals surface area (Å²) in [5.74, 6) is -0.540. The number of carbonyl (C=O) groups is 2. The van der Waals surface area contributed by atoms with Crippen LogP contribution in [0.25, 0.3) is 0 Å². The van der Waals surface area contributed by atoms with Crippen LogP contribution in [-0.2, 0) is 14.3 Å². The number of nitrogens with zero attached hydrogens (tertiary/aromatic N) is 1. The lowest BCUT2D eigenvalue weighted by Crippen LogP contribution is -2.68. The first-order valence-corrected chi connectivity index (χ1v) is 13.6. The molecule has 40 heavy (non-hydrogen) atoms. The number of nitrogens with one attached hydrogen (secondary N) is 1. The summed E-state index contributed by atoms with van der Waals surface area (Å²) in [5, 5.41) is 24.4. The number of aliphatic hydroxyl groups excluding tert-OH is 1. The lowest BCUT2D eigenvalue weighted by molar-refractivity contribution is -0.169. The van der Waals surface area contributed by atoms with Crippen LogP contribution in [0.15, 0.2) is 42.5 Å². The Bertz CT molecular complexity index is 1110. The van der Waals surface area contributed by atoms with Crippen LogP contribution in [0.4, 0.5) is 0 Å². The second kappa shape index (κ2) is 14.0. The Morgan fingerprint density at radius 3 is 2.17 bits per heavy atom. The number of carbonyl (C=O) groups excluding carboxylic acids is 1. The molecule has 1 unspecified atom stereocenters. The fourth-order valence-corrected chi connectivity index (χ4v) is 5.15. The molecule has 1 aliphatic carbocycles. The fourth-order valence-electron chi connectivity index (χ4n) is 5.15. The number of ether oxygens (including phenoxy) is 4. The third kappa shape index (κ3) is 7.18.